The van der Waals surface area contributed by atoms with E-state index < -0.39 is 27.4 Å². The molecule has 2 aromatic carbocycles. The molecular weight excluding hydrogens is 492 g/mol. The lowest BCUT2D eigenvalue weighted by Crippen LogP contribution is -2.64. The van der Waals surface area contributed by atoms with Gasteiger partial charge in [0, 0.05) is 36.1 Å². The van der Waals surface area contributed by atoms with Crippen molar-refractivity contribution in [3.63, 3.8) is 0 Å². The van der Waals surface area contributed by atoms with Crippen molar-refractivity contribution in [3.05, 3.63) is 63.7 Å². The Morgan fingerprint density at radius 3 is 2.64 bits per heavy atom. The molecule has 0 aliphatic carbocycles. The molecule has 11 heteroatoms. The Morgan fingerprint density at radius 1 is 1.30 bits per heavy atom. The number of halogens is 3. The van der Waals surface area contributed by atoms with Crippen LogP contribution >= 0.6 is 23.2 Å². The Balaban J connectivity index is 1.73. The van der Waals surface area contributed by atoms with Gasteiger partial charge in [-0.15, -0.1) is 0 Å². The highest BCUT2D eigenvalue weighted by atomic mass is 35.5. The molecule has 33 heavy (non-hydrogen) atoms. The van der Waals surface area contributed by atoms with Crippen molar-refractivity contribution in [2.45, 2.75) is 24.3 Å². The van der Waals surface area contributed by atoms with Gasteiger partial charge in [0.25, 0.3) is 0 Å². The number of aliphatic hydroxyl groups excluding tert-OH is 1. The molecule has 0 saturated carbocycles. The summed E-state index contributed by atoms with van der Waals surface area (Å²) in [4.78, 5) is 3.06. The fraction of sp³-hybridized carbons (Fsp3) is 0.409. The predicted molar refractivity (Wildman–Crippen MR) is 125 cm³/mol. The molecule has 1 fully saturated rings. The molecule has 0 bridgehead atoms. The number of nitrogens with one attached hydrogen (secondary N) is 1. The number of rotatable bonds is 10. The maximum atomic E-state index is 13.9. The molecule has 0 aromatic heterocycles. The van der Waals surface area contributed by atoms with Gasteiger partial charge in [-0.3, -0.25) is 0 Å². The number of ether oxygens (including phenoxy) is 1. The predicted octanol–water partition coefficient (Wildman–Crippen LogP) is 4.11. The summed E-state index contributed by atoms with van der Waals surface area (Å²) in [6.45, 7) is 10.1. The number of sulfonamides is 1. The highest BCUT2D eigenvalue weighted by Gasteiger charge is 2.49. The van der Waals surface area contributed by atoms with E-state index >= 15 is 0 Å². The van der Waals surface area contributed by atoms with Crippen molar-refractivity contribution in [1.82, 2.24) is 9.62 Å². The third kappa shape index (κ3) is 6.15. The summed E-state index contributed by atoms with van der Waals surface area (Å²) < 4.78 is 47.2. The van der Waals surface area contributed by atoms with Gasteiger partial charge in [-0.2, -0.15) is 4.31 Å². The van der Waals surface area contributed by atoms with Gasteiger partial charge in [-0.25, -0.2) is 17.7 Å². The minimum absolute atomic E-state index is 0.0260. The summed E-state index contributed by atoms with van der Waals surface area (Å²) in [6, 6.07) is 8.21. The van der Waals surface area contributed by atoms with Crippen LogP contribution in [0.3, 0.4) is 0 Å². The zero-order valence-corrected chi connectivity index (χ0v) is 20.2. The van der Waals surface area contributed by atoms with Crippen LogP contribution in [0.15, 0.2) is 41.3 Å². The summed E-state index contributed by atoms with van der Waals surface area (Å²) in [7, 11) is -3.84. The van der Waals surface area contributed by atoms with Gasteiger partial charge in [0.05, 0.1) is 24.3 Å². The monoisotopic (exact) mass is 515 g/mol. The zero-order chi connectivity index (χ0) is 24.2. The fourth-order valence-corrected chi connectivity index (χ4v) is 5.93. The molecule has 0 radical (unpaired) electrons. The van der Waals surface area contributed by atoms with Gasteiger partial charge < -0.3 is 15.2 Å². The lowest BCUT2D eigenvalue weighted by Gasteiger charge is -2.49. The minimum Gasteiger partial charge on any atom is -0.493 e. The molecule has 1 atom stereocenters. The number of hydrogen-bond acceptors (Lipinski definition) is 5. The number of hydrogen-bond donors (Lipinski definition) is 2. The average molecular weight is 516 g/mol. The second-order valence-corrected chi connectivity index (χ2v) is 10.9. The van der Waals surface area contributed by atoms with E-state index in [0.29, 0.717) is 24.5 Å². The summed E-state index contributed by atoms with van der Waals surface area (Å²) in [5.41, 5.74) is -0.669. The van der Waals surface area contributed by atoms with Crippen LogP contribution in [0.1, 0.15) is 13.3 Å². The van der Waals surface area contributed by atoms with Crippen LogP contribution in [0.4, 0.5) is 10.1 Å². The summed E-state index contributed by atoms with van der Waals surface area (Å²) >= 11 is 12.0. The molecule has 2 N–H and O–H groups in total. The number of benzene rings is 2. The molecule has 2 aromatic rings. The first-order valence-electron chi connectivity index (χ1n) is 10.2. The first-order chi connectivity index (χ1) is 15.6. The molecule has 1 heterocycles. The van der Waals surface area contributed by atoms with Gasteiger partial charge >= 0.3 is 0 Å². The van der Waals surface area contributed by atoms with Gasteiger partial charge in [0.15, 0.2) is 0 Å². The van der Waals surface area contributed by atoms with Gasteiger partial charge in [-0.05, 0) is 50.2 Å². The van der Waals surface area contributed by atoms with Crippen LogP contribution in [0.25, 0.3) is 4.85 Å². The molecular formula is C22H24Cl2FN3O4S. The van der Waals surface area contributed by atoms with Crippen LogP contribution < -0.4 is 10.1 Å². The van der Waals surface area contributed by atoms with Crippen LogP contribution in [0, 0.1) is 17.8 Å². The first kappa shape index (κ1) is 25.7. The van der Waals surface area contributed by atoms with Crippen molar-refractivity contribution in [3.8, 4) is 5.75 Å². The average Bonchev–Trinajstić information content (AvgIpc) is 2.71. The van der Waals surface area contributed by atoms with E-state index in [-0.39, 0.29) is 41.1 Å². The third-order valence-electron chi connectivity index (χ3n) is 5.36. The molecule has 1 aliphatic rings. The minimum atomic E-state index is -3.84. The van der Waals surface area contributed by atoms with Crippen molar-refractivity contribution in [1.29, 1.82) is 0 Å². The third-order valence-corrected chi connectivity index (χ3v) is 7.87. The summed E-state index contributed by atoms with van der Waals surface area (Å²) in [5.74, 6) is -0.424. The van der Waals surface area contributed by atoms with E-state index in [2.05, 4.69) is 10.2 Å². The van der Waals surface area contributed by atoms with Gasteiger partial charge in [-0.1, -0.05) is 23.2 Å². The Hall–Kier alpha value is -1.93. The van der Waals surface area contributed by atoms with Crippen LogP contribution in [-0.4, -0.2) is 56.7 Å². The van der Waals surface area contributed by atoms with Crippen LogP contribution in [-0.2, 0) is 10.0 Å². The van der Waals surface area contributed by atoms with E-state index in [1.807, 2.05) is 0 Å². The number of aliphatic hydroxyl groups is 1. The van der Waals surface area contributed by atoms with Gasteiger partial charge in [0.2, 0.25) is 15.7 Å². The quantitative estimate of drug-likeness (QED) is 0.367. The Labute approximate surface area is 202 Å². The second kappa shape index (κ2) is 10.6. The van der Waals surface area contributed by atoms with Crippen molar-refractivity contribution in [2.75, 3.05) is 32.8 Å². The molecule has 1 saturated heterocycles. The smallest absolute Gasteiger partial charge is 0.244 e. The SMILES string of the molecule is [C-]#[N+]c1ccc(OCC2(CNCCC(C)O)CN(S(=O)(=O)c3ccc(Cl)cc3Cl)C2)cc1F. The highest BCUT2D eigenvalue weighted by Crippen LogP contribution is 2.38. The molecule has 3 rings (SSSR count). The first-order valence-corrected chi connectivity index (χ1v) is 12.4. The maximum absolute atomic E-state index is 13.9. The van der Waals surface area contributed by atoms with Crippen LogP contribution in [0.5, 0.6) is 5.75 Å². The molecule has 0 spiro atoms. The summed E-state index contributed by atoms with van der Waals surface area (Å²) in [5, 5.41) is 13.1. The molecule has 1 unspecified atom stereocenters. The topological polar surface area (TPSA) is 83.2 Å². The summed E-state index contributed by atoms with van der Waals surface area (Å²) in [6.07, 6.45) is 0.0850. The standard InChI is InChI=1S/C22H24Cl2FN3O4S/c1-15(29)7-8-27-11-22(14-32-17-4-5-20(26-2)19(25)10-17)12-28(13-22)33(30,31)21-6-3-16(23)9-18(21)24/h3-6,9-10,15,27,29H,7-8,11-14H2,1H3. The maximum Gasteiger partial charge on any atom is 0.244 e. The molecule has 178 valence electrons. The fourth-order valence-electron chi connectivity index (χ4n) is 3.52. The van der Waals surface area contributed by atoms with Gasteiger partial charge in [0.1, 0.15) is 16.5 Å². The van der Waals surface area contributed by atoms with E-state index in [1.165, 1.54) is 34.6 Å². The number of nitrogens with zero attached hydrogens (tertiary/aromatic N) is 2. The van der Waals surface area contributed by atoms with E-state index in [9.17, 15) is 17.9 Å². The van der Waals surface area contributed by atoms with Crippen molar-refractivity contribution < 1.29 is 22.7 Å². The van der Waals surface area contributed by atoms with E-state index in [0.717, 1.165) is 6.07 Å². The van der Waals surface area contributed by atoms with E-state index in [1.54, 1.807) is 6.92 Å². The lowest BCUT2D eigenvalue weighted by molar-refractivity contribution is 0.0188. The zero-order valence-electron chi connectivity index (χ0n) is 17.9. The van der Waals surface area contributed by atoms with Crippen molar-refractivity contribution in [2.24, 2.45) is 5.41 Å². The van der Waals surface area contributed by atoms with Crippen LogP contribution in [0.2, 0.25) is 10.0 Å². The lowest BCUT2D eigenvalue weighted by atomic mass is 9.82. The molecule has 0 amide bonds. The Bertz CT molecular complexity index is 1150. The highest BCUT2D eigenvalue weighted by molar-refractivity contribution is 7.89. The largest absolute Gasteiger partial charge is 0.493 e. The molecule has 1 aliphatic heterocycles. The molecule has 7 nitrogen and oxygen atoms in total. The second-order valence-electron chi connectivity index (χ2n) is 8.18. The Morgan fingerprint density at radius 2 is 2.03 bits per heavy atom. The Kier molecular flexibility index (Phi) is 8.22. The van der Waals surface area contributed by atoms with E-state index in [4.69, 9.17) is 34.5 Å². The van der Waals surface area contributed by atoms with Crippen molar-refractivity contribution >= 4 is 38.9 Å². The normalized spacial score (nSPS) is 16.6.